The second-order valence-electron chi connectivity index (χ2n) is 8.43. The van der Waals surface area contributed by atoms with Crippen LogP contribution in [-0.2, 0) is 22.7 Å². The molecule has 0 radical (unpaired) electrons. The summed E-state index contributed by atoms with van der Waals surface area (Å²) < 4.78 is 0. The lowest BCUT2D eigenvalue weighted by atomic mass is 10.1. The molecule has 30 heavy (non-hydrogen) atoms. The Bertz CT molecular complexity index is 861. The van der Waals surface area contributed by atoms with Gasteiger partial charge in [-0.2, -0.15) is 0 Å². The van der Waals surface area contributed by atoms with Crippen molar-refractivity contribution in [1.82, 2.24) is 14.7 Å². The highest BCUT2D eigenvalue weighted by Gasteiger charge is 2.34. The maximum Gasteiger partial charge on any atom is 0.229 e. The fourth-order valence-corrected chi connectivity index (χ4v) is 4.11. The lowest BCUT2D eigenvalue weighted by Crippen LogP contribution is -2.43. The second kappa shape index (κ2) is 9.41. The van der Waals surface area contributed by atoms with E-state index in [0.29, 0.717) is 13.1 Å². The Morgan fingerprint density at radius 3 is 2.30 bits per heavy atom. The minimum Gasteiger partial charge on any atom is -0.338 e. The first kappa shape index (κ1) is 20.6. The molecule has 2 aliphatic heterocycles. The Labute approximate surface area is 178 Å². The van der Waals surface area contributed by atoms with Gasteiger partial charge in [0, 0.05) is 57.9 Å². The summed E-state index contributed by atoms with van der Waals surface area (Å²) in [5.74, 6) is -0.335. The number of likely N-dealkylation sites (tertiary alicyclic amines) is 1. The Hall–Kier alpha value is -2.70. The third kappa shape index (κ3) is 5.26. The van der Waals surface area contributed by atoms with Gasteiger partial charge in [-0.05, 0) is 30.3 Å². The predicted octanol–water partition coefficient (Wildman–Crippen LogP) is 2.42. The van der Waals surface area contributed by atoms with Crippen molar-refractivity contribution in [1.29, 1.82) is 0 Å². The first-order valence-corrected chi connectivity index (χ1v) is 10.7. The Kier molecular flexibility index (Phi) is 6.45. The normalized spacial score (nSPS) is 20.5. The van der Waals surface area contributed by atoms with Crippen LogP contribution in [0.4, 0.5) is 5.69 Å². The van der Waals surface area contributed by atoms with Crippen molar-refractivity contribution in [2.75, 3.05) is 45.1 Å². The zero-order chi connectivity index (χ0) is 20.9. The van der Waals surface area contributed by atoms with Gasteiger partial charge >= 0.3 is 0 Å². The number of hydrogen-bond acceptors (Lipinski definition) is 4. The molecule has 2 aliphatic rings. The van der Waals surface area contributed by atoms with Gasteiger partial charge in [0.2, 0.25) is 11.8 Å². The van der Waals surface area contributed by atoms with Crippen LogP contribution < -0.4 is 5.32 Å². The fraction of sp³-hybridized carbons (Fsp3) is 0.417. The number of likely N-dealkylation sites (N-methyl/N-ethyl adjacent to an activating group) is 1. The molecule has 0 aromatic heterocycles. The van der Waals surface area contributed by atoms with Crippen molar-refractivity contribution in [2.45, 2.75) is 19.5 Å². The number of nitrogens with zero attached hydrogens (tertiary/aromatic N) is 3. The highest BCUT2D eigenvalue weighted by molar-refractivity contribution is 5.97. The summed E-state index contributed by atoms with van der Waals surface area (Å²) in [5, 5.41) is 2.99. The Balaban J connectivity index is 1.28. The highest BCUT2D eigenvalue weighted by atomic mass is 16.2. The van der Waals surface area contributed by atoms with E-state index in [4.69, 9.17) is 0 Å². The number of piperazine rings is 1. The monoisotopic (exact) mass is 406 g/mol. The van der Waals surface area contributed by atoms with Crippen molar-refractivity contribution >= 4 is 17.5 Å². The molecule has 2 saturated heterocycles. The molecule has 158 valence electrons. The first-order valence-electron chi connectivity index (χ1n) is 10.7. The minimum absolute atomic E-state index is 0.0431. The lowest BCUT2D eigenvalue weighted by Gasteiger charge is -2.32. The smallest absolute Gasteiger partial charge is 0.229 e. The van der Waals surface area contributed by atoms with Crippen molar-refractivity contribution < 1.29 is 9.59 Å². The molecule has 0 bridgehead atoms. The number of anilines is 1. The van der Waals surface area contributed by atoms with E-state index in [9.17, 15) is 9.59 Å². The zero-order valence-corrected chi connectivity index (χ0v) is 17.6. The second-order valence-corrected chi connectivity index (χ2v) is 8.43. The van der Waals surface area contributed by atoms with Crippen LogP contribution in [0.5, 0.6) is 0 Å². The third-order valence-corrected chi connectivity index (χ3v) is 6.03. The number of rotatable bonds is 6. The van der Waals surface area contributed by atoms with Gasteiger partial charge in [-0.1, -0.05) is 42.5 Å². The molecule has 0 spiro atoms. The molecule has 4 rings (SSSR count). The van der Waals surface area contributed by atoms with E-state index in [1.807, 2.05) is 42.5 Å². The van der Waals surface area contributed by atoms with E-state index in [0.717, 1.165) is 44.0 Å². The van der Waals surface area contributed by atoms with Crippen LogP contribution in [0.2, 0.25) is 0 Å². The van der Waals surface area contributed by atoms with Crippen molar-refractivity contribution in [3.8, 4) is 0 Å². The summed E-state index contributed by atoms with van der Waals surface area (Å²) >= 11 is 0. The van der Waals surface area contributed by atoms with Crippen LogP contribution in [0.25, 0.3) is 0 Å². The molecule has 2 aromatic rings. The summed E-state index contributed by atoms with van der Waals surface area (Å²) in [7, 11) is 2.16. The lowest BCUT2D eigenvalue weighted by molar-refractivity contribution is -0.128. The summed E-state index contributed by atoms with van der Waals surface area (Å²) in [5.41, 5.74) is 3.13. The predicted molar refractivity (Wildman–Crippen MR) is 118 cm³/mol. The molecule has 1 N–H and O–H groups in total. The van der Waals surface area contributed by atoms with Gasteiger partial charge in [0.05, 0.1) is 5.92 Å². The van der Waals surface area contributed by atoms with Crippen LogP contribution in [0, 0.1) is 5.92 Å². The topological polar surface area (TPSA) is 55.9 Å². The van der Waals surface area contributed by atoms with Gasteiger partial charge in [-0.15, -0.1) is 0 Å². The molecule has 0 aliphatic carbocycles. The quantitative estimate of drug-likeness (QED) is 0.801. The highest BCUT2D eigenvalue weighted by Crippen LogP contribution is 2.22. The summed E-state index contributed by atoms with van der Waals surface area (Å²) in [6.07, 6.45) is 0.278. The molecule has 1 unspecified atom stereocenters. The summed E-state index contributed by atoms with van der Waals surface area (Å²) in [4.78, 5) is 31.6. The molecule has 2 heterocycles. The van der Waals surface area contributed by atoms with E-state index in [-0.39, 0.29) is 24.2 Å². The minimum atomic E-state index is -0.300. The Morgan fingerprint density at radius 1 is 0.933 bits per heavy atom. The zero-order valence-electron chi connectivity index (χ0n) is 17.6. The van der Waals surface area contributed by atoms with Crippen molar-refractivity contribution in [2.24, 2.45) is 5.92 Å². The van der Waals surface area contributed by atoms with E-state index in [2.05, 4.69) is 34.3 Å². The van der Waals surface area contributed by atoms with Gasteiger partial charge in [-0.3, -0.25) is 14.5 Å². The van der Waals surface area contributed by atoms with E-state index in [1.165, 1.54) is 5.56 Å². The molecule has 2 amide bonds. The van der Waals surface area contributed by atoms with Crippen molar-refractivity contribution in [3.63, 3.8) is 0 Å². The number of carbonyl (C=O) groups excluding carboxylic acids is 2. The van der Waals surface area contributed by atoms with Gasteiger partial charge in [-0.25, -0.2) is 0 Å². The molecule has 2 fully saturated rings. The number of carbonyl (C=O) groups is 2. The summed E-state index contributed by atoms with van der Waals surface area (Å²) in [6.45, 7) is 6.36. The van der Waals surface area contributed by atoms with Crippen LogP contribution in [0.3, 0.4) is 0 Å². The molecular formula is C24H30N4O2. The van der Waals surface area contributed by atoms with Crippen LogP contribution in [0.15, 0.2) is 54.6 Å². The number of amides is 2. The van der Waals surface area contributed by atoms with Gasteiger partial charge in [0.1, 0.15) is 0 Å². The third-order valence-electron chi connectivity index (χ3n) is 6.03. The average molecular weight is 407 g/mol. The number of hydrogen-bond donors (Lipinski definition) is 1. The largest absolute Gasteiger partial charge is 0.338 e. The van der Waals surface area contributed by atoms with Crippen LogP contribution in [-0.4, -0.2) is 66.3 Å². The molecule has 1 atom stereocenters. The molecular weight excluding hydrogens is 376 g/mol. The molecule has 6 heteroatoms. The SMILES string of the molecule is CN1CCN(Cc2ccc(NC(=O)C3CC(=O)N(Cc4ccccc4)C3)cc2)CC1. The van der Waals surface area contributed by atoms with E-state index >= 15 is 0 Å². The van der Waals surface area contributed by atoms with Crippen LogP contribution in [0.1, 0.15) is 17.5 Å². The standard InChI is InChI=1S/C24H30N4O2/c1-26-11-13-27(14-12-26)16-20-7-9-22(10-8-20)25-24(30)21-15-23(29)28(18-21)17-19-5-3-2-4-6-19/h2-10,21H,11-18H2,1H3,(H,25,30). The average Bonchev–Trinajstić information content (AvgIpc) is 3.12. The molecule has 6 nitrogen and oxygen atoms in total. The summed E-state index contributed by atoms with van der Waals surface area (Å²) in [6, 6.07) is 18.0. The van der Waals surface area contributed by atoms with Gasteiger partial charge in [0.15, 0.2) is 0 Å². The van der Waals surface area contributed by atoms with E-state index < -0.39 is 0 Å². The van der Waals surface area contributed by atoms with Gasteiger partial charge < -0.3 is 15.1 Å². The van der Waals surface area contributed by atoms with E-state index in [1.54, 1.807) is 4.90 Å². The van der Waals surface area contributed by atoms with Gasteiger partial charge in [0.25, 0.3) is 0 Å². The molecule has 0 saturated carbocycles. The van der Waals surface area contributed by atoms with Crippen molar-refractivity contribution in [3.05, 3.63) is 65.7 Å². The fourth-order valence-electron chi connectivity index (χ4n) is 4.11. The Morgan fingerprint density at radius 2 is 1.60 bits per heavy atom. The maximum atomic E-state index is 12.7. The first-order chi connectivity index (χ1) is 14.6. The number of benzene rings is 2. The maximum absolute atomic E-state index is 12.7. The number of nitrogens with one attached hydrogen (secondary N) is 1. The van der Waals surface area contributed by atoms with Crippen LogP contribution >= 0.6 is 0 Å². The molecule has 2 aromatic carbocycles.